The van der Waals surface area contributed by atoms with Crippen molar-refractivity contribution in [2.24, 2.45) is 0 Å². The Hall–Kier alpha value is -0.930. The first kappa shape index (κ1) is 47.1. The van der Waals surface area contributed by atoms with Gasteiger partial charge in [0.1, 0.15) is 0 Å². The third-order valence-corrected chi connectivity index (χ3v) is 10.7. The van der Waals surface area contributed by atoms with Gasteiger partial charge in [0.05, 0.1) is 0 Å². The second-order valence-corrected chi connectivity index (χ2v) is 15.4. The van der Waals surface area contributed by atoms with Crippen molar-refractivity contribution in [2.75, 3.05) is 44.2 Å². The molecule has 0 aromatic heterocycles. The van der Waals surface area contributed by atoms with Gasteiger partial charge in [-0.25, -0.2) is 0 Å². The Balaban J connectivity index is 3.92. The number of nitrogens with zero attached hydrogens (tertiary/aromatic N) is 2. The molecule has 0 rings (SSSR count). The van der Waals surface area contributed by atoms with E-state index in [1.54, 1.807) is 0 Å². The summed E-state index contributed by atoms with van der Waals surface area (Å²) in [6, 6.07) is 0. The molecule has 0 aliphatic rings. The topological polar surface area (TPSA) is 6.48 Å². The number of rotatable bonds is 39. The van der Waals surface area contributed by atoms with Crippen LogP contribution in [0.1, 0.15) is 195 Å². The molecule has 0 N–H and O–H groups in total. The molecule has 0 spiro atoms. The smallest absolute Gasteiger partial charge is 0.0377 e. The molecule has 3 heteroatoms. The highest BCUT2D eigenvalue weighted by atomic mass is 32.2. The second-order valence-electron chi connectivity index (χ2n) is 14.1. The summed E-state index contributed by atoms with van der Waals surface area (Å²) in [6.07, 6.45) is 49.6. The molecule has 0 aromatic rings. The summed E-state index contributed by atoms with van der Waals surface area (Å²) in [7, 11) is 0. The SMILES string of the molecule is C=C(CN(CC)CC)N(CCCCCCCC/C=C\C/C=C\CCCCC)CCSCCCCCCCC/C=C\CCCCCCCC. The Morgan fingerprint density at radius 1 is 0.458 bits per heavy atom. The van der Waals surface area contributed by atoms with Gasteiger partial charge in [0.15, 0.2) is 0 Å². The van der Waals surface area contributed by atoms with Crippen molar-refractivity contribution >= 4 is 11.8 Å². The third kappa shape index (κ3) is 34.9. The van der Waals surface area contributed by atoms with Crippen LogP contribution in [0.15, 0.2) is 48.7 Å². The highest BCUT2D eigenvalue weighted by Crippen LogP contribution is 2.15. The zero-order valence-corrected chi connectivity index (χ0v) is 34.1. The summed E-state index contributed by atoms with van der Waals surface area (Å²) in [5.41, 5.74) is 1.33. The number of hydrogen-bond acceptors (Lipinski definition) is 3. The summed E-state index contributed by atoms with van der Waals surface area (Å²) >= 11 is 2.17. The van der Waals surface area contributed by atoms with Gasteiger partial charge in [0, 0.05) is 31.1 Å². The number of unbranched alkanes of at least 4 members (excludes halogenated alkanes) is 21. The molecule has 0 aliphatic carbocycles. The van der Waals surface area contributed by atoms with Crippen molar-refractivity contribution in [1.82, 2.24) is 9.80 Å². The van der Waals surface area contributed by atoms with Gasteiger partial charge in [-0.3, -0.25) is 4.90 Å². The Morgan fingerprint density at radius 2 is 0.875 bits per heavy atom. The van der Waals surface area contributed by atoms with E-state index in [0.29, 0.717) is 0 Å². The molecule has 0 aliphatic heterocycles. The summed E-state index contributed by atoms with van der Waals surface area (Å²) in [5.74, 6) is 2.56. The maximum atomic E-state index is 4.54. The number of thioether (sulfide) groups is 1. The van der Waals surface area contributed by atoms with Crippen LogP contribution in [0.2, 0.25) is 0 Å². The highest BCUT2D eigenvalue weighted by molar-refractivity contribution is 7.99. The molecular formula is C45H86N2S. The van der Waals surface area contributed by atoms with Crippen LogP contribution >= 0.6 is 11.8 Å². The molecule has 2 nitrogen and oxygen atoms in total. The van der Waals surface area contributed by atoms with Crippen LogP contribution in [0.4, 0.5) is 0 Å². The average Bonchev–Trinajstić information content (AvgIpc) is 3.10. The molecule has 0 radical (unpaired) electrons. The molecule has 0 aromatic carbocycles. The molecule has 0 saturated carbocycles. The first-order chi connectivity index (χ1) is 23.7. The fourth-order valence-electron chi connectivity index (χ4n) is 6.25. The van der Waals surface area contributed by atoms with Crippen molar-refractivity contribution in [3.8, 4) is 0 Å². The summed E-state index contributed by atoms with van der Waals surface area (Å²) < 4.78 is 0. The fourth-order valence-corrected chi connectivity index (χ4v) is 7.21. The highest BCUT2D eigenvalue weighted by Gasteiger charge is 2.10. The maximum Gasteiger partial charge on any atom is 0.0377 e. The lowest BCUT2D eigenvalue weighted by molar-refractivity contribution is 0.269. The molecule has 0 bridgehead atoms. The normalized spacial score (nSPS) is 12.1. The van der Waals surface area contributed by atoms with Crippen LogP contribution in [-0.2, 0) is 0 Å². The van der Waals surface area contributed by atoms with Crippen molar-refractivity contribution in [1.29, 1.82) is 0 Å². The molecule has 48 heavy (non-hydrogen) atoms. The predicted molar refractivity (Wildman–Crippen MR) is 225 cm³/mol. The monoisotopic (exact) mass is 687 g/mol. The van der Waals surface area contributed by atoms with Gasteiger partial charge in [-0.2, -0.15) is 11.8 Å². The van der Waals surface area contributed by atoms with Crippen LogP contribution in [0.25, 0.3) is 0 Å². The van der Waals surface area contributed by atoms with E-state index in [1.165, 1.54) is 184 Å². The van der Waals surface area contributed by atoms with Gasteiger partial charge >= 0.3 is 0 Å². The lowest BCUT2D eigenvalue weighted by Gasteiger charge is -2.30. The second kappa shape index (κ2) is 40.5. The van der Waals surface area contributed by atoms with E-state index in [9.17, 15) is 0 Å². The molecule has 0 atom stereocenters. The fraction of sp³-hybridized carbons (Fsp3) is 0.822. The zero-order chi connectivity index (χ0) is 35.0. The maximum absolute atomic E-state index is 4.54. The van der Waals surface area contributed by atoms with Gasteiger partial charge in [0.25, 0.3) is 0 Å². The Morgan fingerprint density at radius 3 is 1.40 bits per heavy atom. The summed E-state index contributed by atoms with van der Waals surface area (Å²) in [6.45, 7) is 19.2. The average molecular weight is 687 g/mol. The van der Waals surface area contributed by atoms with E-state index in [1.807, 2.05) is 0 Å². The van der Waals surface area contributed by atoms with E-state index in [-0.39, 0.29) is 0 Å². The first-order valence-corrected chi connectivity index (χ1v) is 22.5. The Bertz CT molecular complexity index is 722. The quantitative estimate of drug-likeness (QED) is 0.0469. The van der Waals surface area contributed by atoms with Crippen molar-refractivity contribution in [3.63, 3.8) is 0 Å². The van der Waals surface area contributed by atoms with E-state index in [4.69, 9.17) is 0 Å². The van der Waals surface area contributed by atoms with Crippen LogP contribution in [-0.4, -0.2) is 54.0 Å². The van der Waals surface area contributed by atoms with Crippen molar-refractivity contribution in [3.05, 3.63) is 48.7 Å². The van der Waals surface area contributed by atoms with Crippen LogP contribution in [0, 0.1) is 0 Å². The molecule has 0 amide bonds. The summed E-state index contributed by atoms with van der Waals surface area (Å²) in [4.78, 5) is 5.13. The molecule has 0 saturated heterocycles. The number of likely N-dealkylation sites (N-methyl/N-ethyl adjacent to an activating group) is 1. The van der Waals surface area contributed by atoms with Crippen molar-refractivity contribution < 1.29 is 0 Å². The van der Waals surface area contributed by atoms with E-state index in [2.05, 4.69) is 92.3 Å². The van der Waals surface area contributed by atoms with Gasteiger partial charge in [-0.15, -0.1) is 0 Å². The minimum absolute atomic E-state index is 1.02. The molecular weight excluding hydrogens is 601 g/mol. The van der Waals surface area contributed by atoms with Gasteiger partial charge in [0.2, 0.25) is 0 Å². The third-order valence-electron chi connectivity index (χ3n) is 9.68. The van der Waals surface area contributed by atoms with Gasteiger partial charge < -0.3 is 4.90 Å². The van der Waals surface area contributed by atoms with Gasteiger partial charge in [-0.1, -0.05) is 167 Å². The van der Waals surface area contributed by atoms with Crippen LogP contribution in [0.5, 0.6) is 0 Å². The lowest BCUT2D eigenvalue weighted by Crippen LogP contribution is -2.34. The summed E-state index contributed by atoms with van der Waals surface area (Å²) in [5, 5.41) is 0. The number of allylic oxidation sites excluding steroid dienone is 6. The standard InChI is InChI=1S/C45H86N2S/c1-6-10-12-14-16-18-20-22-24-26-28-30-32-34-36-38-40-47(45(5)44-46(8-3)9-4)41-43-48-42-39-37-35-33-31-29-27-25-23-21-19-17-15-13-11-7-2/h16,18,22-25H,5-15,17,19-21,26-44H2,1-4H3/b18-16-,24-22-,25-23-. The van der Waals surface area contributed by atoms with Gasteiger partial charge in [-0.05, 0) is 89.5 Å². The Labute approximate surface area is 308 Å². The molecule has 0 unspecified atom stereocenters. The minimum atomic E-state index is 1.02. The largest absolute Gasteiger partial charge is 0.373 e. The van der Waals surface area contributed by atoms with E-state index < -0.39 is 0 Å². The molecule has 0 heterocycles. The zero-order valence-electron chi connectivity index (χ0n) is 33.3. The minimum Gasteiger partial charge on any atom is -0.373 e. The predicted octanol–water partition coefficient (Wildman–Crippen LogP) is 14.7. The molecule has 0 fully saturated rings. The molecule has 282 valence electrons. The van der Waals surface area contributed by atoms with Crippen LogP contribution in [0.3, 0.4) is 0 Å². The lowest BCUT2D eigenvalue weighted by atomic mass is 10.1. The van der Waals surface area contributed by atoms with E-state index in [0.717, 1.165) is 32.6 Å². The first-order valence-electron chi connectivity index (χ1n) is 21.4. The Kier molecular flexibility index (Phi) is 39.7. The number of hydrogen-bond donors (Lipinski definition) is 0. The van der Waals surface area contributed by atoms with Crippen molar-refractivity contribution in [2.45, 2.75) is 195 Å². The van der Waals surface area contributed by atoms with Crippen LogP contribution < -0.4 is 0 Å². The van der Waals surface area contributed by atoms with E-state index >= 15 is 0 Å².